The van der Waals surface area contributed by atoms with Gasteiger partial charge in [0.15, 0.2) is 11.5 Å². The summed E-state index contributed by atoms with van der Waals surface area (Å²) in [7, 11) is 0. The minimum absolute atomic E-state index is 0.116. The molecular formula is C23H29FN6O2S. The molecule has 1 fully saturated rings. The van der Waals surface area contributed by atoms with Crippen molar-refractivity contribution in [2.24, 2.45) is 5.41 Å². The van der Waals surface area contributed by atoms with Crippen molar-refractivity contribution < 1.29 is 14.0 Å². The molecule has 0 unspecified atom stereocenters. The van der Waals surface area contributed by atoms with Crippen molar-refractivity contribution in [3.8, 4) is 0 Å². The highest BCUT2D eigenvalue weighted by Crippen LogP contribution is 2.53. The van der Waals surface area contributed by atoms with Crippen LogP contribution in [0.1, 0.15) is 56.5 Å². The van der Waals surface area contributed by atoms with E-state index in [2.05, 4.69) is 24.8 Å². The van der Waals surface area contributed by atoms with Crippen LogP contribution in [0, 0.1) is 11.2 Å². The van der Waals surface area contributed by atoms with E-state index in [9.17, 15) is 14.0 Å². The van der Waals surface area contributed by atoms with Crippen LogP contribution in [0.2, 0.25) is 0 Å². The van der Waals surface area contributed by atoms with Crippen LogP contribution < -0.4 is 9.62 Å². The summed E-state index contributed by atoms with van der Waals surface area (Å²) in [6.45, 7) is 7.06. The molecule has 3 N–H and O–H groups in total. The molecule has 10 heteroatoms. The van der Waals surface area contributed by atoms with E-state index in [1.165, 1.54) is 6.07 Å². The van der Waals surface area contributed by atoms with E-state index in [0.717, 1.165) is 30.4 Å². The Morgan fingerprint density at radius 3 is 2.76 bits per heavy atom. The molecule has 0 saturated carbocycles. The molecule has 1 saturated heterocycles. The van der Waals surface area contributed by atoms with Crippen LogP contribution in [0.4, 0.5) is 10.2 Å². The molecule has 176 valence electrons. The fraction of sp³-hybridized carbons (Fsp3) is 0.522. The molecule has 0 bridgehead atoms. The molecule has 1 aromatic carbocycles. The number of fused-ring (bicyclic) bond motifs is 2. The average Bonchev–Trinajstić information content (AvgIpc) is 3.34. The first-order chi connectivity index (χ1) is 15.7. The number of aliphatic hydroxyl groups is 1. The van der Waals surface area contributed by atoms with Gasteiger partial charge in [-0.25, -0.2) is 14.4 Å². The molecular weight excluding hydrogens is 443 g/mol. The molecule has 0 amide bonds. The summed E-state index contributed by atoms with van der Waals surface area (Å²) in [4.78, 5) is 11.3. The van der Waals surface area contributed by atoms with E-state index in [0.29, 0.717) is 35.8 Å². The maximum atomic E-state index is 14.0. The minimum atomic E-state index is -1.25. The Morgan fingerprint density at radius 1 is 1.30 bits per heavy atom. The lowest BCUT2D eigenvalue weighted by Crippen LogP contribution is -2.50. The molecule has 5 rings (SSSR count). The van der Waals surface area contributed by atoms with Gasteiger partial charge in [0.05, 0.1) is 18.8 Å². The molecule has 3 aromatic rings. The first-order valence-electron chi connectivity index (χ1n) is 11.2. The summed E-state index contributed by atoms with van der Waals surface area (Å²) in [5, 5.41) is 16.7. The molecule has 2 aliphatic rings. The number of aromatic nitrogens is 4. The van der Waals surface area contributed by atoms with Gasteiger partial charge in [-0.15, -0.1) is 4.72 Å². The van der Waals surface area contributed by atoms with Crippen LogP contribution in [0.5, 0.6) is 0 Å². The van der Waals surface area contributed by atoms with Crippen molar-refractivity contribution in [2.75, 3.05) is 18.0 Å². The van der Waals surface area contributed by atoms with Crippen LogP contribution >= 0.6 is 0 Å². The number of piperidine rings is 1. The van der Waals surface area contributed by atoms with Gasteiger partial charge in [-0.1, -0.05) is 6.07 Å². The number of rotatable bonds is 4. The molecule has 2 aromatic heterocycles. The van der Waals surface area contributed by atoms with E-state index < -0.39 is 16.1 Å². The standard InChI is InChI=1S/C23H29FN6O2S/c1-22(2,3)33(32)29-19-16-5-4-15(24)10-14(16)11-23(19)6-8-30(9-7-23)21-18(13-31)26-20-17(27-21)12-25-28-20/h4-5,10,12,19,29,31H,6-9,11,13H2,1-3H3,(H,25,26,28)/t19-,33-/m1/s1. The zero-order valence-corrected chi connectivity index (χ0v) is 19.9. The second-order valence-corrected chi connectivity index (χ2v) is 12.1. The number of H-pyrrole nitrogens is 1. The topological polar surface area (TPSA) is 113 Å². The summed E-state index contributed by atoms with van der Waals surface area (Å²) in [5.41, 5.74) is 3.59. The number of hydrogen-bond donors (Lipinski definition) is 3. The average molecular weight is 473 g/mol. The van der Waals surface area contributed by atoms with Gasteiger partial charge in [0, 0.05) is 29.9 Å². The number of aromatic amines is 1. The van der Waals surface area contributed by atoms with Crippen LogP contribution in [-0.4, -0.2) is 47.7 Å². The van der Waals surface area contributed by atoms with Crippen molar-refractivity contribution in [1.29, 1.82) is 0 Å². The quantitative estimate of drug-likeness (QED) is 0.501. The Morgan fingerprint density at radius 2 is 2.06 bits per heavy atom. The highest BCUT2D eigenvalue weighted by molar-refractivity contribution is 7.90. The lowest BCUT2D eigenvalue weighted by molar-refractivity contribution is 0.175. The largest absolute Gasteiger partial charge is 0.598 e. The Balaban J connectivity index is 1.43. The van der Waals surface area contributed by atoms with Crippen molar-refractivity contribution in [1.82, 2.24) is 24.9 Å². The van der Waals surface area contributed by atoms with Gasteiger partial charge >= 0.3 is 0 Å². The summed E-state index contributed by atoms with van der Waals surface area (Å²) in [6.07, 6.45) is 4.01. The third kappa shape index (κ3) is 3.99. The minimum Gasteiger partial charge on any atom is -0.598 e. The van der Waals surface area contributed by atoms with Gasteiger partial charge in [0.25, 0.3) is 0 Å². The SMILES string of the molecule is CC(C)(C)[S@@+]([O-])N[C@@H]1c2ccc(F)cc2CC12CCN(c1nc3cn[nH]c3nc1CO)CC2. The van der Waals surface area contributed by atoms with Gasteiger partial charge in [-0.2, -0.15) is 5.10 Å². The lowest BCUT2D eigenvalue weighted by Gasteiger charge is -2.44. The normalized spacial score (nSPS) is 21.0. The van der Waals surface area contributed by atoms with E-state index in [1.807, 2.05) is 26.8 Å². The molecule has 1 aliphatic carbocycles. The maximum Gasteiger partial charge on any atom is 0.174 e. The van der Waals surface area contributed by atoms with Crippen molar-refractivity contribution in [2.45, 2.75) is 57.4 Å². The number of benzene rings is 1. The van der Waals surface area contributed by atoms with Gasteiger partial charge in [-0.3, -0.25) is 5.10 Å². The Bertz CT molecular complexity index is 1170. The Labute approximate surface area is 195 Å². The molecule has 8 nitrogen and oxygen atoms in total. The maximum absolute atomic E-state index is 14.0. The van der Waals surface area contributed by atoms with E-state index in [-0.39, 0.29) is 23.9 Å². The van der Waals surface area contributed by atoms with E-state index in [1.54, 1.807) is 12.3 Å². The molecule has 1 aliphatic heterocycles. The van der Waals surface area contributed by atoms with Gasteiger partial charge in [0.2, 0.25) is 0 Å². The summed E-state index contributed by atoms with van der Waals surface area (Å²) in [6, 6.07) is 4.83. The third-order valence-electron chi connectivity index (χ3n) is 6.89. The molecule has 33 heavy (non-hydrogen) atoms. The highest BCUT2D eigenvalue weighted by atomic mass is 32.2. The summed E-state index contributed by atoms with van der Waals surface area (Å²) < 4.78 is 30.1. The first kappa shape index (κ1) is 22.5. The van der Waals surface area contributed by atoms with Crippen molar-refractivity contribution in [3.63, 3.8) is 0 Å². The Hall–Kier alpha value is -2.27. The summed E-state index contributed by atoms with van der Waals surface area (Å²) >= 11 is -1.25. The number of anilines is 1. The predicted molar refractivity (Wildman–Crippen MR) is 125 cm³/mol. The number of halogens is 1. The molecule has 1 spiro atoms. The fourth-order valence-electron chi connectivity index (χ4n) is 5.08. The molecule has 2 atom stereocenters. The zero-order valence-electron chi connectivity index (χ0n) is 19.1. The Kier molecular flexibility index (Phi) is 5.59. The van der Waals surface area contributed by atoms with E-state index >= 15 is 0 Å². The van der Waals surface area contributed by atoms with Crippen molar-refractivity contribution >= 4 is 28.3 Å². The van der Waals surface area contributed by atoms with Crippen LogP contribution in [-0.2, 0) is 24.4 Å². The zero-order chi connectivity index (χ0) is 23.4. The lowest BCUT2D eigenvalue weighted by atomic mass is 9.73. The second-order valence-electron chi connectivity index (χ2n) is 10.1. The van der Waals surface area contributed by atoms with Crippen molar-refractivity contribution in [3.05, 3.63) is 47.0 Å². The third-order valence-corrected chi connectivity index (χ3v) is 8.45. The van der Waals surface area contributed by atoms with Crippen LogP contribution in [0.15, 0.2) is 24.4 Å². The fourth-order valence-corrected chi connectivity index (χ4v) is 6.03. The number of nitrogens with one attached hydrogen (secondary N) is 2. The van der Waals surface area contributed by atoms with Gasteiger partial charge in [0.1, 0.15) is 21.8 Å². The molecule has 3 heterocycles. The van der Waals surface area contributed by atoms with Gasteiger partial charge in [-0.05, 0) is 63.3 Å². The predicted octanol–water partition coefficient (Wildman–Crippen LogP) is 2.92. The monoisotopic (exact) mass is 472 g/mol. The highest BCUT2D eigenvalue weighted by Gasteiger charge is 2.50. The van der Waals surface area contributed by atoms with Gasteiger partial charge < -0.3 is 14.6 Å². The van der Waals surface area contributed by atoms with Crippen LogP contribution in [0.25, 0.3) is 11.2 Å². The molecule has 0 radical (unpaired) electrons. The number of nitrogens with zero attached hydrogens (tertiary/aromatic N) is 4. The van der Waals surface area contributed by atoms with E-state index in [4.69, 9.17) is 4.98 Å². The second kappa shape index (κ2) is 8.19. The van der Waals surface area contributed by atoms with Crippen LogP contribution in [0.3, 0.4) is 0 Å². The smallest absolute Gasteiger partial charge is 0.174 e. The first-order valence-corrected chi connectivity index (χ1v) is 12.4. The number of hydrogen-bond acceptors (Lipinski definition) is 7. The summed E-state index contributed by atoms with van der Waals surface area (Å²) in [5.74, 6) is 0.431. The number of aliphatic hydroxyl groups excluding tert-OH is 1.